The second-order valence-electron chi connectivity index (χ2n) is 7.47. The number of hydrogen-bond donors (Lipinski definition) is 1. The lowest BCUT2D eigenvalue weighted by molar-refractivity contribution is -0.136. The molecule has 4 rings (SSSR count). The number of piperidine rings is 1. The van der Waals surface area contributed by atoms with Crippen LogP contribution in [0.5, 0.6) is 0 Å². The number of nitrogens with zero attached hydrogens (tertiary/aromatic N) is 4. The number of carbonyl (C=O) groups excluding carboxylic acids is 3. The van der Waals surface area contributed by atoms with Crippen LogP contribution in [-0.2, 0) is 9.59 Å². The van der Waals surface area contributed by atoms with Crippen molar-refractivity contribution >= 4 is 34.0 Å². The van der Waals surface area contributed by atoms with Crippen molar-refractivity contribution in [3.63, 3.8) is 0 Å². The highest BCUT2D eigenvalue weighted by Gasteiger charge is 2.39. The molecule has 28 heavy (non-hydrogen) atoms. The lowest BCUT2D eigenvalue weighted by atomic mass is 9.93. The molecule has 2 saturated heterocycles. The number of imidazole rings is 1. The number of thiazole rings is 1. The van der Waals surface area contributed by atoms with Crippen molar-refractivity contribution < 1.29 is 14.4 Å². The number of aryl methyl sites for hydroxylation is 1. The van der Waals surface area contributed by atoms with E-state index in [0.717, 1.165) is 24.4 Å². The van der Waals surface area contributed by atoms with Crippen molar-refractivity contribution in [2.45, 2.75) is 51.5 Å². The Morgan fingerprint density at radius 2 is 2.07 bits per heavy atom. The molecule has 150 valence electrons. The van der Waals surface area contributed by atoms with Gasteiger partial charge in [-0.3, -0.25) is 18.9 Å². The molecule has 0 bridgehead atoms. The largest absolute Gasteiger partial charge is 0.343 e. The smallest absolute Gasteiger partial charge is 0.324 e. The van der Waals surface area contributed by atoms with Gasteiger partial charge in [-0.05, 0) is 26.2 Å². The Kier molecular flexibility index (Phi) is 5.09. The van der Waals surface area contributed by atoms with E-state index in [-0.39, 0.29) is 18.2 Å². The molecular formula is C19H25N5O3S. The van der Waals surface area contributed by atoms with Crippen LogP contribution in [0.2, 0.25) is 0 Å². The molecule has 9 heteroatoms. The van der Waals surface area contributed by atoms with E-state index >= 15 is 0 Å². The van der Waals surface area contributed by atoms with E-state index in [2.05, 4.69) is 15.1 Å². The van der Waals surface area contributed by atoms with Crippen molar-refractivity contribution in [3.05, 3.63) is 23.1 Å². The normalized spacial score (nSPS) is 21.0. The third kappa shape index (κ3) is 3.28. The van der Waals surface area contributed by atoms with Gasteiger partial charge in [0.25, 0.3) is 5.91 Å². The van der Waals surface area contributed by atoms with Gasteiger partial charge in [-0.25, -0.2) is 9.78 Å². The lowest BCUT2D eigenvalue weighted by Crippen LogP contribution is -2.42. The maximum atomic E-state index is 12.7. The monoisotopic (exact) mass is 403 g/mol. The van der Waals surface area contributed by atoms with Crippen molar-refractivity contribution in [1.82, 2.24) is 24.5 Å². The van der Waals surface area contributed by atoms with E-state index in [0.29, 0.717) is 32.0 Å². The number of imide groups is 1. The van der Waals surface area contributed by atoms with Crippen molar-refractivity contribution in [2.24, 2.45) is 0 Å². The minimum Gasteiger partial charge on any atom is -0.343 e. The molecule has 2 aliphatic heterocycles. The van der Waals surface area contributed by atoms with Crippen LogP contribution < -0.4 is 5.32 Å². The van der Waals surface area contributed by atoms with Gasteiger partial charge in [-0.15, -0.1) is 11.3 Å². The van der Waals surface area contributed by atoms with Crippen LogP contribution in [0.15, 0.2) is 11.6 Å². The SMILES string of the molecule is CCCN1C(=O)NC(CC(=O)N2CCC(c3nc(C)n4ccsc34)CC2)C1=O. The summed E-state index contributed by atoms with van der Waals surface area (Å²) in [7, 11) is 0. The topological polar surface area (TPSA) is 87.0 Å². The van der Waals surface area contributed by atoms with Crippen LogP contribution in [0.4, 0.5) is 4.79 Å². The number of fused-ring (bicyclic) bond motifs is 1. The van der Waals surface area contributed by atoms with E-state index in [1.54, 1.807) is 11.3 Å². The Labute approximate surface area is 167 Å². The molecule has 8 nitrogen and oxygen atoms in total. The van der Waals surface area contributed by atoms with Crippen LogP contribution in [-0.4, -0.2) is 62.7 Å². The maximum Gasteiger partial charge on any atom is 0.324 e. The van der Waals surface area contributed by atoms with Crippen LogP contribution in [0.25, 0.3) is 4.83 Å². The quantitative estimate of drug-likeness (QED) is 0.775. The summed E-state index contributed by atoms with van der Waals surface area (Å²) in [5.74, 6) is 0.984. The predicted octanol–water partition coefficient (Wildman–Crippen LogP) is 2.13. The molecule has 4 heterocycles. The fourth-order valence-electron chi connectivity index (χ4n) is 4.12. The second kappa shape index (κ2) is 7.54. The lowest BCUT2D eigenvalue weighted by Gasteiger charge is -2.31. The number of carbonyl (C=O) groups is 3. The summed E-state index contributed by atoms with van der Waals surface area (Å²) in [5, 5.41) is 4.71. The fourth-order valence-corrected chi connectivity index (χ4v) is 5.07. The Bertz CT molecular complexity index is 912. The Hall–Kier alpha value is -2.42. The first kappa shape index (κ1) is 18.9. The molecule has 2 aromatic rings. The van der Waals surface area contributed by atoms with Crippen LogP contribution in [0.3, 0.4) is 0 Å². The van der Waals surface area contributed by atoms with E-state index in [9.17, 15) is 14.4 Å². The molecule has 1 atom stereocenters. The molecule has 0 aromatic carbocycles. The highest BCUT2D eigenvalue weighted by atomic mass is 32.1. The van der Waals surface area contributed by atoms with Crippen molar-refractivity contribution in [1.29, 1.82) is 0 Å². The molecule has 0 aliphatic carbocycles. The van der Waals surface area contributed by atoms with E-state index in [1.807, 2.05) is 24.9 Å². The summed E-state index contributed by atoms with van der Waals surface area (Å²) >= 11 is 1.70. The van der Waals surface area contributed by atoms with Gasteiger partial charge in [0, 0.05) is 37.1 Å². The summed E-state index contributed by atoms with van der Waals surface area (Å²) in [6.07, 6.45) is 4.51. The third-order valence-electron chi connectivity index (χ3n) is 5.63. The third-order valence-corrected chi connectivity index (χ3v) is 6.51. The zero-order valence-corrected chi connectivity index (χ0v) is 17.0. The molecule has 2 aromatic heterocycles. The first-order chi connectivity index (χ1) is 13.5. The zero-order valence-electron chi connectivity index (χ0n) is 16.2. The zero-order chi connectivity index (χ0) is 19.8. The number of likely N-dealkylation sites (tertiary alicyclic amines) is 1. The van der Waals surface area contributed by atoms with Gasteiger partial charge in [0.15, 0.2) is 0 Å². The maximum absolute atomic E-state index is 12.7. The molecule has 1 N–H and O–H groups in total. The number of hydrogen-bond acceptors (Lipinski definition) is 5. The van der Waals surface area contributed by atoms with Gasteiger partial charge in [0.2, 0.25) is 5.91 Å². The van der Waals surface area contributed by atoms with Crippen LogP contribution in [0, 0.1) is 6.92 Å². The predicted molar refractivity (Wildman–Crippen MR) is 105 cm³/mol. The standard InChI is InChI=1S/C19H25N5O3S/c1-3-6-24-17(26)14(21-19(24)27)11-15(25)22-7-4-13(5-8-22)16-18-23(9-10-28-18)12(2)20-16/h9-10,13-14H,3-8,11H2,1-2H3,(H,21,27). The van der Waals surface area contributed by atoms with Gasteiger partial charge in [0.1, 0.15) is 16.7 Å². The molecule has 0 spiro atoms. The van der Waals surface area contributed by atoms with Crippen LogP contribution >= 0.6 is 11.3 Å². The molecule has 0 saturated carbocycles. The summed E-state index contributed by atoms with van der Waals surface area (Å²) in [6, 6.07) is -1.12. The molecule has 4 amide bonds. The first-order valence-corrected chi connectivity index (χ1v) is 10.7. The molecule has 2 aliphatic rings. The summed E-state index contributed by atoms with van der Waals surface area (Å²) in [5.41, 5.74) is 1.13. The molecule has 1 unspecified atom stereocenters. The highest BCUT2D eigenvalue weighted by Crippen LogP contribution is 2.33. The Morgan fingerprint density at radius 3 is 2.79 bits per heavy atom. The van der Waals surface area contributed by atoms with Gasteiger partial charge in [0.05, 0.1) is 12.1 Å². The van der Waals surface area contributed by atoms with E-state index < -0.39 is 12.1 Å². The number of aromatic nitrogens is 2. The number of amides is 4. The minimum atomic E-state index is -0.731. The molecular weight excluding hydrogens is 378 g/mol. The summed E-state index contributed by atoms with van der Waals surface area (Å²) < 4.78 is 2.12. The summed E-state index contributed by atoms with van der Waals surface area (Å²) in [6.45, 7) is 5.62. The highest BCUT2D eigenvalue weighted by molar-refractivity contribution is 7.15. The molecule has 0 radical (unpaired) electrons. The van der Waals surface area contributed by atoms with Crippen molar-refractivity contribution in [3.8, 4) is 0 Å². The Morgan fingerprint density at radius 1 is 1.32 bits per heavy atom. The van der Waals surface area contributed by atoms with E-state index in [1.165, 1.54) is 9.73 Å². The second-order valence-corrected chi connectivity index (χ2v) is 8.37. The minimum absolute atomic E-state index is 0.0359. The average molecular weight is 404 g/mol. The fraction of sp³-hybridized carbons (Fsp3) is 0.579. The van der Waals surface area contributed by atoms with Gasteiger partial charge < -0.3 is 10.2 Å². The van der Waals surface area contributed by atoms with Gasteiger partial charge in [-0.1, -0.05) is 6.92 Å². The van der Waals surface area contributed by atoms with E-state index in [4.69, 9.17) is 4.98 Å². The van der Waals surface area contributed by atoms with Gasteiger partial charge in [-0.2, -0.15) is 0 Å². The summed E-state index contributed by atoms with van der Waals surface area (Å²) in [4.78, 5) is 45.8. The average Bonchev–Trinajstić information content (AvgIpc) is 3.35. The number of nitrogens with one attached hydrogen (secondary N) is 1. The van der Waals surface area contributed by atoms with Crippen LogP contribution in [0.1, 0.15) is 50.0 Å². The number of rotatable bonds is 5. The number of urea groups is 1. The first-order valence-electron chi connectivity index (χ1n) is 9.81. The van der Waals surface area contributed by atoms with Crippen molar-refractivity contribution in [2.75, 3.05) is 19.6 Å². The molecule has 2 fully saturated rings. The van der Waals surface area contributed by atoms with Gasteiger partial charge >= 0.3 is 6.03 Å². The Balaban J connectivity index is 1.35.